The smallest absolute Gasteiger partial charge is 0.225 e. The maximum absolute atomic E-state index is 13.0. The van der Waals surface area contributed by atoms with Crippen molar-refractivity contribution in [1.29, 1.82) is 0 Å². The quantitative estimate of drug-likeness (QED) is 0.363. The number of rotatable bonds is 11. The van der Waals surface area contributed by atoms with Gasteiger partial charge >= 0.3 is 0 Å². The number of hydrogen-bond acceptors (Lipinski definition) is 7. The van der Waals surface area contributed by atoms with E-state index in [-0.39, 0.29) is 25.2 Å². The van der Waals surface area contributed by atoms with Gasteiger partial charge in [0.25, 0.3) is 0 Å². The van der Waals surface area contributed by atoms with Crippen LogP contribution in [0, 0.1) is 12.8 Å². The highest BCUT2D eigenvalue weighted by molar-refractivity contribution is 7.15. The molecule has 1 saturated carbocycles. The number of hydrogen-bond donors (Lipinski definition) is 1. The number of amides is 1. The van der Waals surface area contributed by atoms with Gasteiger partial charge in [0.2, 0.25) is 5.91 Å². The topological polar surface area (TPSA) is 108 Å². The molecule has 0 bridgehead atoms. The summed E-state index contributed by atoms with van der Waals surface area (Å²) in [6, 6.07) is 5.41. The molecule has 9 heteroatoms. The Balaban J connectivity index is 1.60. The van der Waals surface area contributed by atoms with E-state index in [1.54, 1.807) is 23.5 Å². The van der Waals surface area contributed by atoms with Crippen LogP contribution in [0.5, 0.6) is 0 Å². The van der Waals surface area contributed by atoms with Gasteiger partial charge in [0.15, 0.2) is 5.76 Å². The van der Waals surface area contributed by atoms with Crippen molar-refractivity contribution in [1.82, 2.24) is 10.1 Å². The van der Waals surface area contributed by atoms with Crippen LogP contribution in [0.15, 0.2) is 28.9 Å². The summed E-state index contributed by atoms with van der Waals surface area (Å²) in [5, 5.41) is 20.0. The number of carboxylic acid groups (broad SMARTS) is 1. The normalized spacial score (nSPS) is 14.3. The lowest BCUT2D eigenvalue weighted by Gasteiger charge is -2.17. The summed E-state index contributed by atoms with van der Waals surface area (Å²) in [6.45, 7) is 6.23. The van der Waals surface area contributed by atoms with Crippen LogP contribution in [0.1, 0.15) is 79.6 Å². The van der Waals surface area contributed by atoms with E-state index >= 15 is 0 Å². The first-order chi connectivity index (χ1) is 16.7. The predicted octanol–water partition coefficient (Wildman–Crippen LogP) is 5.48. The van der Waals surface area contributed by atoms with Gasteiger partial charge in [-0.25, -0.2) is 4.98 Å². The Labute approximate surface area is 213 Å². The van der Waals surface area contributed by atoms with Crippen LogP contribution in [-0.4, -0.2) is 22.0 Å². The molecule has 0 spiro atoms. The highest BCUT2D eigenvalue weighted by atomic mass is 35.5. The molecule has 1 fully saturated rings. The Morgan fingerprint density at radius 1 is 1.31 bits per heavy atom. The van der Waals surface area contributed by atoms with Crippen molar-refractivity contribution in [2.45, 2.75) is 71.1 Å². The number of halogens is 1. The van der Waals surface area contributed by atoms with Gasteiger partial charge in [0, 0.05) is 36.5 Å². The number of aliphatic carboxylic acids is 1. The lowest BCUT2D eigenvalue weighted by atomic mass is 9.90. The van der Waals surface area contributed by atoms with Crippen molar-refractivity contribution >= 4 is 40.5 Å². The number of carbonyl (C=O) groups is 2. The molecular formula is C26H29ClN3O4S-. The average Bonchev–Trinajstić information content (AvgIpc) is 3.36. The van der Waals surface area contributed by atoms with Gasteiger partial charge in [0.1, 0.15) is 0 Å². The van der Waals surface area contributed by atoms with E-state index in [0.717, 1.165) is 40.3 Å². The van der Waals surface area contributed by atoms with Crippen LogP contribution >= 0.6 is 22.9 Å². The van der Waals surface area contributed by atoms with Crippen molar-refractivity contribution in [3.05, 3.63) is 51.2 Å². The van der Waals surface area contributed by atoms with Gasteiger partial charge in [0.05, 0.1) is 26.3 Å². The molecule has 0 radical (unpaired) electrons. The molecular weight excluding hydrogens is 486 g/mol. The molecule has 1 amide bonds. The zero-order chi connectivity index (χ0) is 25.1. The number of benzene rings is 1. The molecule has 1 atom stereocenters. The molecule has 0 aliphatic heterocycles. The van der Waals surface area contributed by atoms with E-state index < -0.39 is 11.9 Å². The molecule has 35 heavy (non-hydrogen) atoms. The molecule has 1 aliphatic carbocycles. The minimum Gasteiger partial charge on any atom is -0.550 e. The number of thiazole rings is 1. The summed E-state index contributed by atoms with van der Waals surface area (Å²) in [4.78, 5) is 29.7. The largest absolute Gasteiger partial charge is 0.550 e. The number of carbonyl (C=O) groups excluding carboxylic acids is 2. The summed E-state index contributed by atoms with van der Waals surface area (Å²) in [7, 11) is 0. The number of aromatic nitrogens is 2. The third-order valence-corrected chi connectivity index (χ3v) is 7.35. The molecule has 1 aromatic carbocycles. The van der Waals surface area contributed by atoms with Crippen LogP contribution in [0.4, 0.5) is 5.69 Å². The molecule has 2 aromatic heterocycles. The van der Waals surface area contributed by atoms with Crippen LogP contribution in [-0.2, 0) is 16.0 Å². The van der Waals surface area contributed by atoms with E-state index in [1.165, 1.54) is 0 Å². The molecule has 3 aromatic rings. The van der Waals surface area contributed by atoms with Gasteiger partial charge in [-0.05, 0) is 62.1 Å². The highest BCUT2D eigenvalue weighted by Crippen LogP contribution is 2.49. The molecule has 0 unspecified atom stereocenters. The number of aryl methyl sites for hydroxylation is 1. The minimum absolute atomic E-state index is 0.0600. The predicted molar refractivity (Wildman–Crippen MR) is 135 cm³/mol. The molecule has 2 heterocycles. The Morgan fingerprint density at radius 2 is 2.09 bits per heavy atom. The van der Waals surface area contributed by atoms with Gasteiger partial charge in [-0.15, -0.1) is 11.3 Å². The van der Waals surface area contributed by atoms with Gasteiger partial charge in [-0.2, -0.15) is 0 Å². The fourth-order valence-electron chi connectivity index (χ4n) is 4.18. The first-order valence-corrected chi connectivity index (χ1v) is 13.1. The first-order valence-electron chi connectivity index (χ1n) is 11.9. The maximum atomic E-state index is 13.0. The number of nitrogens with zero attached hydrogens (tertiary/aromatic N) is 2. The maximum Gasteiger partial charge on any atom is 0.225 e. The van der Waals surface area contributed by atoms with Gasteiger partial charge in [-0.1, -0.05) is 36.7 Å². The van der Waals surface area contributed by atoms with E-state index in [4.69, 9.17) is 16.1 Å². The van der Waals surface area contributed by atoms with Crippen LogP contribution in [0.2, 0.25) is 5.02 Å². The molecule has 186 valence electrons. The lowest BCUT2D eigenvalue weighted by Crippen LogP contribution is -2.24. The van der Waals surface area contributed by atoms with Crippen LogP contribution in [0.3, 0.4) is 0 Å². The molecule has 7 nitrogen and oxygen atoms in total. The Kier molecular flexibility index (Phi) is 7.91. The second kappa shape index (κ2) is 10.9. The zero-order valence-corrected chi connectivity index (χ0v) is 21.7. The van der Waals surface area contributed by atoms with Crippen molar-refractivity contribution in [2.24, 2.45) is 5.92 Å². The molecule has 4 rings (SSSR count). The van der Waals surface area contributed by atoms with Crippen molar-refractivity contribution < 1.29 is 19.2 Å². The molecule has 0 saturated heterocycles. The number of nitrogens with one attached hydrogen (secondary N) is 1. The summed E-state index contributed by atoms with van der Waals surface area (Å²) in [5.41, 5.74) is 3.15. The molecule has 1 N–H and O–H groups in total. The average molecular weight is 515 g/mol. The van der Waals surface area contributed by atoms with Crippen LogP contribution in [0.25, 0.3) is 10.6 Å². The van der Waals surface area contributed by atoms with E-state index in [1.807, 2.05) is 19.2 Å². The van der Waals surface area contributed by atoms with Crippen LogP contribution < -0.4 is 10.4 Å². The van der Waals surface area contributed by atoms with E-state index in [0.29, 0.717) is 34.0 Å². The fourth-order valence-corrected chi connectivity index (χ4v) is 5.58. The second-order valence-electron chi connectivity index (χ2n) is 9.64. The van der Waals surface area contributed by atoms with Crippen molar-refractivity contribution in [3.63, 3.8) is 0 Å². The Bertz CT molecular complexity index is 1220. The standard InChI is InChI=1S/C26H30ClN3O4S/c1-14(2)10-22-28-13-20(35-22)26-24(16-5-6-16)25(30-34-26)17(7-9-23(32)33)12-21(31)29-19-8-4-15(3)11-18(19)27/h4,8,11,13-14,16-17H,5-7,9-10,12H2,1-3H3,(H,29,31)(H,32,33)/p-1/t17-/m0/s1. The highest BCUT2D eigenvalue weighted by Gasteiger charge is 2.36. The fraction of sp³-hybridized carbons (Fsp3) is 0.462. The van der Waals surface area contributed by atoms with Gasteiger partial charge < -0.3 is 19.7 Å². The van der Waals surface area contributed by atoms with E-state index in [9.17, 15) is 14.7 Å². The lowest BCUT2D eigenvalue weighted by molar-refractivity contribution is -0.305. The van der Waals surface area contributed by atoms with Crippen molar-refractivity contribution in [2.75, 3.05) is 5.32 Å². The third-order valence-electron chi connectivity index (χ3n) is 6.02. The third kappa shape index (κ3) is 6.49. The Morgan fingerprint density at radius 3 is 2.74 bits per heavy atom. The monoisotopic (exact) mass is 514 g/mol. The minimum atomic E-state index is -1.16. The molecule has 1 aliphatic rings. The summed E-state index contributed by atoms with van der Waals surface area (Å²) in [5.74, 6) is -0.362. The van der Waals surface area contributed by atoms with Crippen molar-refractivity contribution in [3.8, 4) is 10.6 Å². The first kappa shape index (κ1) is 25.4. The number of anilines is 1. The Hall–Kier alpha value is -2.71. The summed E-state index contributed by atoms with van der Waals surface area (Å²) in [6.07, 6.45) is 4.85. The van der Waals surface area contributed by atoms with Gasteiger partial charge in [-0.3, -0.25) is 4.79 Å². The SMILES string of the molecule is Cc1ccc(NC(=O)C[C@H](CCC(=O)[O-])c2noc(-c3cnc(CC(C)C)s3)c2C2CC2)c(Cl)c1. The summed E-state index contributed by atoms with van der Waals surface area (Å²) >= 11 is 7.87. The zero-order valence-electron chi connectivity index (χ0n) is 20.1. The summed E-state index contributed by atoms with van der Waals surface area (Å²) < 4.78 is 5.83. The second-order valence-corrected chi connectivity index (χ2v) is 11.2. The van der Waals surface area contributed by atoms with E-state index in [2.05, 4.69) is 29.3 Å². The number of carboxylic acids is 1.